The van der Waals surface area contributed by atoms with E-state index in [0.717, 1.165) is 11.1 Å². The molecular formula is C27H23FN2O4. The van der Waals surface area contributed by atoms with Crippen LogP contribution in [0.5, 0.6) is 0 Å². The summed E-state index contributed by atoms with van der Waals surface area (Å²) in [4.78, 5) is 27.3. The Balaban J connectivity index is 1.57. The highest BCUT2D eigenvalue weighted by Crippen LogP contribution is 2.36. The second kappa shape index (κ2) is 8.76. The van der Waals surface area contributed by atoms with Crippen LogP contribution in [0.4, 0.5) is 4.39 Å². The number of carbonyl (C=O) groups is 2. The minimum absolute atomic E-state index is 0.118. The Labute approximate surface area is 195 Å². The van der Waals surface area contributed by atoms with Gasteiger partial charge in [-0.2, -0.15) is 0 Å². The molecule has 1 aliphatic heterocycles. The highest BCUT2D eigenvalue weighted by atomic mass is 19.1. The van der Waals surface area contributed by atoms with Gasteiger partial charge in [0.1, 0.15) is 17.2 Å². The highest BCUT2D eigenvalue weighted by Gasteiger charge is 2.26. The molecule has 0 bridgehead atoms. The van der Waals surface area contributed by atoms with Crippen molar-refractivity contribution in [2.45, 2.75) is 12.5 Å². The van der Waals surface area contributed by atoms with Crippen LogP contribution in [0.1, 0.15) is 27.1 Å². The van der Waals surface area contributed by atoms with Crippen LogP contribution in [0.25, 0.3) is 33.4 Å². The van der Waals surface area contributed by atoms with Crippen LogP contribution >= 0.6 is 0 Å². The fraction of sp³-hybridized carbons (Fsp3) is 0.185. The topological polar surface area (TPSA) is 82.8 Å². The normalized spacial score (nSPS) is 15.6. The van der Waals surface area contributed by atoms with Gasteiger partial charge in [0.25, 0.3) is 11.8 Å². The first-order chi connectivity index (χ1) is 16.4. The SMILES string of the molecule is CNC(=O)c1c(-c2ccc(F)cc2)oc2ccc(-c3cccc(C(=O)N4CCC(O)C4)c3)cc12. The predicted octanol–water partition coefficient (Wildman–Crippen LogP) is 4.47. The summed E-state index contributed by atoms with van der Waals surface area (Å²) in [5.74, 6) is -0.441. The molecule has 1 aromatic heterocycles. The second-order valence-corrected chi connectivity index (χ2v) is 8.38. The number of aliphatic hydroxyl groups excluding tert-OH is 1. The van der Waals surface area contributed by atoms with E-state index in [1.807, 2.05) is 30.3 Å². The number of aliphatic hydroxyl groups is 1. The fourth-order valence-corrected chi connectivity index (χ4v) is 4.37. The van der Waals surface area contributed by atoms with E-state index in [-0.39, 0.29) is 17.6 Å². The Kier molecular flexibility index (Phi) is 5.63. The van der Waals surface area contributed by atoms with Gasteiger partial charge in [0.15, 0.2) is 0 Å². The molecule has 172 valence electrons. The van der Waals surface area contributed by atoms with Gasteiger partial charge in [-0.15, -0.1) is 0 Å². The zero-order valence-electron chi connectivity index (χ0n) is 18.5. The van der Waals surface area contributed by atoms with Gasteiger partial charge in [-0.3, -0.25) is 9.59 Å². The van der Waals surface area contributed by atoms with Crippen LogP contribution < -0.4 is 5.32 Å². The molecule has 2 N–H and O–H groups in total. The molecule has 0 aliphatic carbocycles. The lowest BCUT2D eigenvalue weighted by Crippen LogP contribution is -2.29. The lowest BCUT2D eigenvalue weighted by molar-refractivity contribution is 0.0765. The number of halogens is 1. The molecule has 2 heterocycles. The largest absolute Gasteiger partial charge is 0.455 e. The van der Waals surface area contributed by atoms with Crippen LogP contribution in [-0.2, 0) is 0 Å². The number of likely N-dealkylation sites (tertiary alicyclic amines) is 1. The molecule has 5 rings (SSSR count). The number of nitrogens with zero attached hydrogens (tertiary/aromatic N) is 1. The van der Waals surface area contributed by atoms with Crippen LogP contribution in [0, 0.1) is 5.82 Å². The molecule has 1 unspecified atom stereocenters. The molecule has 7 heteroatoms. The van der Waals surface area contributed by atoms with Gasteiger partial charge in [0, 0.05) is 36.7 Å². The number of amides is 2. The Morgan fingerprint density at radius 1 is 1.03 bits per heavy atom. The number of furan rings is 1. The van der Waals surface area contributed by atoms with Gasteiger partial charge in [-0.05, 0) is 66.1 Å². The Morgan fingerprint density at radius 2 is 1.76 bits per heavy atom. The maximum Gasteiger partial charge on any atom is 0.255 e. The molecule has 4 aromatic rings. The van der Waals surface area contributed by atoms with E-state index in [4.69, 9.17) is 4.42 Å². The third-order valence-corrected chi connectivity index (χ3v) is 6.14. The smallest absolute Gasteiger partial charge is 0.255 e. The Morgan fingerprint density at radius 3 is 2.47 bits per heavy atom. The number of fused-ring (bicyclic) bond motifs is 1. The summed E-state index contributed by atoms with van der Waals surface area (Å²) in [5.41, 5.74) is 3.67. The first-order valence-electron chi connectivity index (χ1n) is 11.1. The van der Waals surface area contributed by atoms with E-state index < -0.39 is 6.10 Å². The van der Waals surface area contributed by atoms with E-state index in [9.17, 15) is 19.1 Å². The molecule has 1 aliphatic rings. The summed E-state index contributed by atoms with van der Waals surface area (Å²) in [6, 6.07) is 18.6. The zero-order valence-corrected chi connectivity index (χ0v) is 18.5. The summed E-state index contributed by atoms with van der Waals surface area (Å²) in [6.45, 7) is 0.874. The number of benzene rings is 3. The molecule has 0 spiro atoms. The summed E-state index contributed by atoms with van der Waals surface area (Å²) in [6.07, 6.45) is 0.107. The third kappa shape index (κ3) is 3.95. The minimum Gasteiger partial charge on any atom is -0.455 e. The van der Waals surface area contributed by atoms with Crippen molar-refractivity contribution in [3.05, 3.63) is 83.7 Å². The van der Waals surface area contributed by atoms with Crippen LogP contribution in [0.2, 0.25) is 0 Å². The first-order valence-corrected chi connectivity index (χ1v) is 11.1. The molecule has 1 atom stereocenters. The van der Waals surface area contributed by atoms with Gasteiger partial charge in [-0.1, -0.05) is 18.2 Å². The van der Waals surface area contributed by atoms with Crippen LogP contribution in [0.15, 0.2) is 71.1 Å². The average Bonchev–Trinajstić information content (AvgIpc) is 3.47. The van der Waals surface area contributed by atoms with Gasteiger partial charge in [-0.25, -0.2) is 4.39 Å². The van der Waals surface area contributed by atoms with E-state index >= 15 is 0 Å². The number of hydrogen-bond donors (Lipinski definition) is 2. The van der Waals surface area contributed by atoms with Crippen molar-refractivity contribution in [2.75, 3.05) is 20.1 Å². The molecule has 2 amide bonds. The van der Waals surface area contributed by atoms with Crippen molar-refractivity contribution < 1.29 is 23.5 Å². The first kappa shape index (κ1) is 21.9. The third-order valence-electron chi connectivity index (χ3n) is 6.14. The average molecular weight is 458 g/mol. The molecule has 6 nitrogen and oxygen atoms in total. The Bertz CT molecular complexity index is 1390. The van der Waals surface area contributed by atoms with E-state index in [2.05, 4.69) is 5.32 Å². The van der Waals surface area contributed by atoms with Crippen molar-refractivity contribution >= 4 is 22.8 Å². The number of carbonyl (C=O) groups excluding carboxylic acids is 2. The van der Waals surface area contributed by atoms with Gasteiger partial charge in [0.05, 0.1) is 11.7 Å². The summed E-state index contributed by atoms with van der Waals surface area (Å²) in [7, 11) is 1.55. The standard InChI is InChI=1S/C27H23FN2O4/c1-29-26(32)24-22-14-18(7-10-23(22)34-25(24)16-5-8-20(28)9-6-16)17-3-2-4-19(13-17)27(33)30-12-11-21(31)15-30/h2-10,13-14,21,31H,11-12,15H2,1H3,(H,29,32). The maximum atomic E-state index is 13.4. The van der Waals surface area contributed by atoms with Crippen LogP contribution in [0.3, 0.4) is 0 Å². The van der Waals surface area contributed by atoms with Crippen molar-refractivity contribution in [3.8, 4) is 22.5 Å². The van der Waals surface area contributed by atoms with Crippen molar-refractivity contribution in [1.29, 1.82) is 0 Å². The maximum absolute atomic E-state index is 13.4. The number of hydrogen-bond acceptors (Lipinski definition) is 4. The minimum atomic E-state index is -0.478. The van der Waals surface area contributed by atoms with E-state index in [0.29, 0.717) is 52.9 Å². The van der Waals surface area contributed by atoms with E-state index in [1.54, 1.807) is 36.2 Å². The molecule has 0 saturated carbocycles. The molecule has 1 fully saturated rings. The highest BCUT2D eigenvalue weighted by molar-refractivity contribution is 6.11. The second-order valence-electron chi connectivity index (χ2n) is 8.38. The van der Waals surface area contributed by atoms with Gasteiger partial charge < -0.3 is 19.7 Å². The monoisotopic (exact) mass is 458 g/mol. The molecule has 1 saturated heterocycles. The summed E-state index contributed by atoms with van der Waals surface area (Å²) in [5, 5.41) is 13.0. The predicted molar refractivity (Wildman–Crippen MR) is 127 cm³/mol. The number of β-amino-alcohol motifs (C(OH)–C–C–N with tert-alkyl or cyclic N) is 1. The van der Waals surface area contributed by atoms with Crippen molar-refractivity contribution in [3.63, 3.8) is 0 Å². The molecular weight excluding hydrogens is 435 g/mol. The van der Waals surface area contributed by atoms with Crippen LogP contribution in [-0.4, -0.2) is 48.1 Å². The quantitative estimate of drug-likeness (QED) is 0.473. The zero-order chi connectivity index (χ0) is 23.8. The summed E-state index contributed by atoms with van der Waals surface area (Å²) >= 11 is 0. The molecule has 0 radical (unpaired) electrons. The lowest BCUT2D eigenvalue weighted by atomic mass is 9.99. The number of rotatable bonds is 4. The summed E-state index contributed by atoms with van der Waals surface area (Å²) < 4.78 is 19.4. The molecule has 3 aromatic carbocycles. The fourth-order valence-electron chi connectivity index (χ4n) is 4.37. The lowest BCUT2D eigenvalue weighted by Gasteiger charge is -2.16. The van der Waals surface area contributed by atoms with Crippen molar-refractivity contribution in [1.82, 2.24) is 10.2 Å². The van der Waals surface area contributed by atoms with E-state index in [1.165, 1.54) is 12.1 Å². The van der Waals surface area contributed by atoms with Crippen molar-refractivity contribution in [2.24, 2.45) is 0 Å². The number of nitrogens with one attached hydrogen (secondary N) is 1. The van der Waals surface area contributed by atoms with Gasteiger partial charge in [0.2, 0.25) is 0 Å². The Hall–Kier alpha value is -3.97. The molecule has 34 heavy (non-hydrogen) atoms. The van der Waals surface area contributed by atoms with Gasteiger partial charge >= 0.3 is 0 Å².